The van der Waals surface area contributed by atoms with E-state index in [1.165, 1.54) is 32.1 Å². The molecule has 0 radical (unpaired) electrons. The summed E-state index contributed by atoms with van der Waals surface area (Å²) in [5.74, 6) is 1.59. The highest BCUT2D eigenvalue weighted by Gasteiger charge is 2.33. The number of nitrogens with zero attached hydrogens (tertiary/aromatic N) is 4. The summed E-state index contributed by atoms with van der Waals surface area (Å²) in [5, 5.41) is 11.8. The topological polar surface area (TPSA) is 66.8 Å². The third-order valence-electron chi connectivity index (χ3n) is 6.40. The molecule has 2 aromatic rings. The number of H-pyrrole nitrogens is 1. The molecule has 0 aromatic carbocycles. The number of rotatable bonds is 3. The van der Waals surface area contributed by atoms with Gasteiger partial charge in [0.05, 0.1) is 11.4 Å². The zero-order chi connectivity index (χ0) is 18.3. The standard InChI is InChI=1S/C20H29N5O/c1-13-19(14(2)24(3)23-13)17-11-18(22-21-17)20(26)25-10-9-16(12-25)15-7-5-4-6-8-15/h11,15-16H,4-10,12H2,1-3H3,(H,21,22)/t16-/m0/s1. The van der Waals surface area contributed by atoms with E-state index in [9.17, 15) is 4.79 Å². The predicted molar refractivity (Wildman–Crippen MR) is 101 cm³/mol. The van der Waals surface area contributed by atoms with Crippen LogP contribution >= 0.6 is 0 Å². The van der Waals surface area contributed by atoms with Gasteiger partial charge in [0, 0.05) is 31.4 Å². The van der Waals surface area contributed by atoms with Crippen LogP contribution in [0.1, 0.15) is 60.4 Å². The Morgan fingerprint density at radius 3 is 2.62 bits per heavy atom. The van der Waals surface area contributed by atoms with Crippen molar-refractivity contribution in [1.29, 1.82) is 0 Å². The molecule has 2 aromatic heterocycles. The lowest BCUT2D eigenvalue weighted by Gasteiger charge is -2.27. The fourth-order valence-electron chi connectivity index (χ4n) is 4.84. The van der Waals surface area contributed by atoms with Gasteiger partial charge in [-0.25, -0.2) is 0 Å². The summed E-state index contributed by atoms with van der Waals surface area (Å²) in [6, 6.07) is 1.88. The third-order valence-corrected chi connectivity index (χ3v) is 6.40. The number of carbonyl (C=O) groups is 1. The average molecular weight is 355 g/mol. The molecule has 1 atom stereocenters. The van der Waals surface area contributed by atoms with E-state index in [1.807, 2.05) is 36.5 Å². The minimum Gasteiger partial charge on any atom is -0.337 e. The Morgan fingerprint density at radius 2 is 1.92 bits per heavy atom. The minimum absolute atomic E-state index is 0.0845. The van der Waals surface area contributed by atoms with E-state index in [-0.39, 0.29) is 5.91 Å². The molecule has 2 fully saturated rings. The summed E-state index contributed by atoms with van der Waals surface area (Å²) in [6.45, 7) is 5.79. The second-order valence-corrected chi connectivity index (χ2v) is 8.03. The van der Waals surface area contributed by atoms with Crippen LogP contribution in [0.4, 0.5) is 0 Å². The highest BCUT2D eigenvalue weighted by atomic mass is 16.2. The molecule has 2 aliphatic rings. The molecule has 0 spiro atoms. The van der Waals surface area contributed by atoms with Gasteiger partial charge >= 0.3 is 0 Å². The van der Waals surface area contributed by atoms with Gasteiger partial charge in [-0.2, -0.15) is 10.2 Å². The van der Waals surface area contributed by atoms with Gasteiger partial charge in [0.15, 0.2) is 0 Å². The van der Waals surface area contributed by atoms with Crippen molar-refractivity contribution >= 4 is 5.91 Å². The Hall–Kier alpha value is -2.11. The summed E-state index contributed by atoms with van der Waals surface area (Å²) in [5.41, 5.74) is 4.41. The molecule has 0 unspecified atom stereocenters. The van der Waals surface area contributed by atoms with Gasteiger partial charge in [-0.05, 0) is 38.2 Å². The van der Waals surface area contributed by atoms with E-state index in [4.69, 9.17) is 0 Å². The Balaban J connectivity index is 1.47. The van der Waals surface area contributed by atoms with Crippen molar-refractivity contribution in [1.82, 2.24) is 24.9 Å². The van der Waals surface area contributed by atoms with Crippen molar-refractivity contribution in [2.75, 3.05) is 13.1 Å². The van der Waals surface area contributed by atoms with Gasteiger partial charge in [0.25, 0.3) is 5.91 Å². The van der Waals surface area contributed by atoms with Crippen LogP contribution in [0.25, 0.3) is 11.3 Å². The van der Waals surface area contributed by atoms with Gasteiger partial charge in [-0.3, -0.25) is 14.6 Å². The predicted octanol–water partition coefficient (Wildman–Crippen LogP) is 3.47. The van der Waals surface area contributed by atoms with Crippen LogP contribution in [0.2, 0.25) is 0 Å². The smallest absolute Gasteiger partial charge is 0.271 e. The Bertz CT molecular complexity index is 799. The van der Waals surface area contributed by atoms with E-state index >= 15 is 0 Å². The molecule has 6 heteroatoms. The Kier molecular flexibility index (Phi) is 4.59. The molecule has 1 N–H and O–H groups in total. The lowest BCUT2D eigenvalue weighted by atomic mass is 9.80. The van der Waals surface area contributed by atoms with Gasteiger partial charge in [0.1, 0.15) is 5.69 Å². The van der Waals surface area contributed by atoms with Gasteiger partial charge in [0.2, 0.25) is 0 Å². The largest absolute Gasteiger partial charge is 0.337 e. The van der Waals surface area contributed by atoms with Crippen LogP contribution in [-0.2, 0) is 7.05 Å². The number of aromatic amines is 1. The number of carbonyl (C=O) groups excluding carboxylic acids is 1. The second kappa shape index (κ2) is 6.89. The van der Waals surface area contributed by atoms with Crippen LogP contribution in [0.5, 0.6) is 0 Å². The number of aromatic nitrogens is 4. The molecule has 1 saturated heterocycles. The normalized spacial score (nSPS) is 21.5. The van der Waals surface area contributed by atoms with Crippen LogP contribution in [-0.4, -0.2) is 43.9 Å². The number of hydrogen-bond donors (Lipinski definition) is 1. The first-order valence-corrected chi connectivity index (χ1v) is 9.90. The molecule has 1 aliphatic carbocycles. The molecule has 0 bridgehead atoms. The van der Waals surface area contributed by atoms with E-state index < -0.39 is 0 Å². The second-order valence-electron chi connectivity index (χ2n) is 8.03. The van der Waals surface area contributed by atoms with Crippen molar-refractivity contribution in [3.05, 3.63) is 23.1 Å². The number of nitrogens with one attached hydrogen (secondary N) is 1. The van der Waals surface area contributed by atoms with Gasteiger partial charge < -0.3 is 4.90 Å². The Labute approximate surface area is 155 Å². The summed E-state index contributed by atoms with van der Waals surface area (Å²) in [4.78, 5) is 14.9. The maximum Gasteiger partial charge on any atom is 0.271 e. The number of hydrogen-bond acceptors (Lipinski definition) is 3. The molecule has 1 amide bonds. The molecule has 1 saturated carbocycles. The maximum absolute atomic E-state index is 12.9. The summed E-state index contributed by atoms with van der Waals surface area (Å²) >= 11 is 0. The van der Waals surface area contributed by atoms with E-state index in [0.29, 0.717) is 11.6 Å². The van der Waals surface area contributed by atoms with Crippen molar-refractivity contribution in [3.8, 4) is 11.3 Å². The maximum atomic E-state index is 12.9. The molecule has 4 rings (SSSR count). The molecule has 1 aliphatic heterocycles. The third kappa shape index (κ3) is 3.06. The number of aryl methyl sites for hydroxylation is 2. The van der Waals surface area contributed by atoms with E-state index in [2.05, 4.69) is 15.3 Å². The fourth-order valence-corrected chi connectivity index (χ4v) is 4.84. The van der Waals surface area contributed by atoms with Crippen LogP contribution < -0.4 is 0 Å². The highest BCUT2D eigenvalue weighted by molar-refractivity contribution is 5.93. The zero-order valence-corrected chi connectivity index (χ0v) is 16.1. The van der Waals surface area contributed by atoms with Gasteiger partial charge in [-0.1, -0.05) is 32.1 Å². The Morgan fingerprint density at radius 1 is 1.15 bits per heavy atom. The molecule has 6 nitrogen and oxygen atoms in total. The lowest BCUT2D eigenvalue weighted by Crippen LogP contribution is -2.30. The van der Waals surface area contributed by atoms with Gasteiger partial charge in [-0.15, -0.1) is 0 Å². The van der Waals surface area contributed by atoms with Crippen molar-refractivity contribution in [3.63, 3.8) is 0 Å². The summed E-state index contributed by atoms with van der Waals surface area (Å²) in [7, 11) is 1.93. The number of amides is 1. The monoisotopic (exact) mass is 355 g/mol. The fraction of sp³-hybridized carbons (Fsp3) is 0.650. The molecule has 140 valence electrons. The number of likely N-dealkylation sites (tertiary alicyclic amines) is 1. The highest BCUT2D eigenvalue weighted by Crippen LogP contribution is 2.35. The molecular weight excluding hydrogens is 326 g/mol. The summed E-state index contributed by atoms with van der Waals surface area (Å²) < 4.78 is 1.86. The van der Waals surface area contributed by atoms with Crippen LogP contribution in [0.15, 0.2) is 6.07 Å². The summed E-state index contributed by atoms with van der Waals surface area (Å²) in [6.07, 6.45) is 7.96. The molecule has 26 heavy (non-hydrogen) atoms. The first-order chi connectivity index (χ1) is 12.5. The SMILES string of the molecule is Cc1nn(C)c(C)c1-c1cc(C(=O)N2CC[C@H](C3CCCCC3)C2)[nH]n1. The zero-order valence-electron chi connectivity index (χ0n) is 16.1. The van der Waals surface area contributed by atoms with E-state index in [1.54, 1.807) is 0 Å². The quantitative estimate of drug-likeness (QED) is 0.917. The minimum atomic E-state index is 0.0845. The van der Waals surface area contributed by atoms with E-state index in [0.717, 1.165) is 48.1 Å². The van der Waals surface area contributed by atoms with Crippen LogP contribution in [0, 0.1) is 25.7 Å². The first kappa shape index (κ1) is 17.3. The first-order valence-electron chi connectivity index (χ1n) is 9.90. The van der Waals surface area contributed by atoms with Crippen molar-refractivity contribution in [2.24, 2.45) is 18.9 Å². The lowest BCUT2D eigenvalue weighted by molar-refractivity contribution is 0.0774. The van der Waals surface area contributed by atoms with Crippen molar-refractivity contribution in [2.45, 2.75) is 52.4 Å². The average Bonchev–Trinajstić information content (AvgIpc) is 3.36. The molecule has 3 heterocycles. The van der Waals surface area contributed by atoms with Crippen LogP contribution in [0.3, 0.4) is 0 Å². The molecular formula is C20H29N5O. The van der Waals surface area contributed by atoms with Crippen molar-refractivity contribution < 1.29 is 4.79 Å².